The minimum atomic E-state index is 0.929. The minimum Gasteiger partial charge on any atom is -0.308 e. The standard InChI is InChI=1S/C52H35N5/c1-2-10-38(11-3-1)56-47-23-20-34(30-44(47)51-49(56)15-8-26-54-51)33-17-18-35-28-36-19-22-39(32-43(36)42(35)29-33)57-48-24-21-37(31-45(48)52-50(57)16-9-27-55-52)40-12-4-5-13-41(40)46-14-6-7-25-53-46/h1-4,6-12,14-27,29-32H,5,13,28H2. The first kappa shape index (κ1) is 31.9. The van der Waals surface area contributed by atoms with E-state index in [0.717, 1.165) is 80.2 Å². The molecule has 0 fully saturated rings. The fourth-order valence-corrected chi connectivity index (χ4v) is 9.37. The summed E-state index contributed by atoms with van der Waals surface area (Å²) in [5.74, 6) is 0. The molecule has 2 aliphatic rings. The van der Waals surface area contributed by atoms with E-state index in [0.29, 0.717) is 0 Å². The highest BCUT2D eigenvalue weighted by molar-refractivity contribution is 6.10. The second kappa shape index (κ2) is 12.6. The molecule has 5 aromatic carbocycles. The van der Waals surface area contributed by atoms with E-state index in [-0.39, 0.29) is 0 Å². The Kier molecular flexibility index (Phi) is 7.05. The maximum Gasteiger partial charge on any atom is 0.0963 e. The lowest BCUT2D eigenvalue weighted by Crippen LogP contribution is -1.98. The molecular formula is C52H35N5. The molecule has 0 atom stereocenters. The summed E-state index contributed by atoms with van der Waals surface area (Å²) in [5.41, 5.74) is 21.3. The lowest BCUT2D eigenvalue weighted by atomic mass is 9.89. The van der Waals surface area contributed by atoms with Crippen LogP contribution in [0.15, 0.2) is 176 Å². The van der Waals surface area contributed by atoms with Crippen LogP contribution in [-0.2, 0) is 6.42 Å². The molecule has 0 bridgehead atoms. The SMILES string of the molecule is C1=CC(c2ccc3c(c2)c2ncccc2n3-c2ccc3c(c2)-c2cc(-c4ccc5c(c4)c4ncccc4n5-c4ccccc4)ccc2C3)=C(c2ccccn2)CC1. The van der Waals surface area contributed by atoms with Gasteiger partial charge in [0.1, 0.15) is 0 Å². The summed E-state index contributed by atoms with van der Waals surface area (Å²) in [7, 11) is 0. The molecule has 268 valence electrons. The third-order valence-corrected chi connectivity index (χ3v) is 12.0. The van der Waals surface area contributed by atoms with Gasteiger partial charge in [-0.05, 0) is 160 Å². The number of benzene rings is 5. The third kappa shape index (κ3) is 4.99. The topological polar surface area (TPSA) is 48.5 Å². The molecule has 0 unspecified atom stereocenters. The lowest BCUT2D eigenvalue weighted by molar-refractivity contribution is 1.04. The first-order valence-electron chi connectivity index (χ1n) is 19.7. The molecule has 0 saturated heterocycles. The molecule has 5 heteroatoms. The number of hydrogen-bond acceptors (Lipinski definition) is 3. The highest BCUT2D eigenvalue weighted by Gasteiger charge is 2.23. The fourth-order valence-electron chi connectivity index (χ4n) is 9.37. The van der Waals surface area contributed by atoms with E-state index in [4.69, 9.17) is 15.0 Å². The van der Waals surface area contributed by atoms with Gasteiger partial charge in [-0.15, -0.1) is 0 Å². The van der Waals surface area contributed by atoms with Gasteiger partial charge in [-0.25, -0.2) is 0 Å². The predicted molar refractivity (Wildman–Crippen MR) is 234 cm³/mol. The maximum atomic E-state index is 4.96. The van der Waals surface area contributed by atoms with Crippen molar-refractivity contribution in [1.82, 2.24) is 24.1 Å². The normalized spacial score (nSPS) is 13.6. The van der Waals surface area contributed by atoms with Gasteiger partial charge in [-0.3, -0.25) is 15.0 Å². The van der Waals surface area contributed by atoms with E-state index < -0.39 is 0 Å². The highest BCUT2D eigenvalue weighted by Crippen LogP contribution is 2.43. The Morgan fingerprint density at radius 2 is 1.09 bits per heavy atom. The Balaban J connectivity index is 0.969. The van der Waals surface area contributed by atoms with Gasteiger partial charge in [0.05, 0.1) is 38.8 Å². The number of nitrogens with zero attached hydrogens (tertiary/aromatic N) is 5. The number of rotatable bonds is 5. The second-order valence-electron chi connectivity index (χ2n) is 15.2. The molecule has 0 aliphatic heterocycles. The molecular weight excluding hydrogens is 695 g/mol. The van der Waals surface area contributed by atoms with Crippen molar-refractivity contribution in [3.8, 4) is 33.6 Å². The van der Waals surface area contributed by atoms with Crippen LogP contribution >= 0.6 is 0 Å². The molecule has 0 N–H and O–H groups in total. The smallest absolute Gasteiger partial charge is 0.0963 e. The zero-order chi connectivity index (χ0) is 37.5. The summed E-state index contributed by atoms with van der Waals surface area (Å²) in [6.07, 6.45) is 13.2. The third-order valence-electron chi connectivity index (χ3n) is 12.0. The zero-order valence-electron chi connectivity index (χ0n) is 31.1. The zero-order valence-corrected chi connectivity index (χ0v) is 31.1. The first-order valence-corrected chi connectivity index (χ1v) is 19.7. The quantitative estimate of drug-likeness (QED) is 0.177. The van der Waals surface area contributed by atoms with Gasteiger partial charge >= 0.3 is 0 Å². The Morgan fingerprint density at radius 3 is 1.84 bits per heavy atom. The summed E-state index contributed by atoms with van der Waals surface area (Å²) >= 11 is 0. The Labute approximate surface area is 329 Å². The van der Waals surface area contributed by atoms with E-state index in [1.54, 1.807) is 0 Å². The van der Waals surface area contributed by atoms with E-state index >= 15 is 0 Å². The van der Waals surface area contributed by atoms with Gasteiger partial charge in [0.2, 0.25) is 0 Å². The predicted octanol–water partition coefficient (Wildman–Crippen LogP) is 12.6. The number of para-hydroxylation sites is 1. The maximum absolute atomic E-state index is 4.96. The summed E-state index contributed by atoms with van der Waals surface area (Å²) in [4.78, 5) is 14.5. The van der Waals surface area contributed by atoms with Gasteiger partial charge < -0.3 is 9.13 Å². The number of allylic oxidation sites excluding steroid dienone is 4. The van der Waals surface area contributed by atoms with Crippen molar-refractivity contribution in [3.05, 3.63) is 199 Å². The van der Waals surface area contributed by atoms with E-state index in [1.807, 2.05) is 36.8 Å². The van der Waals surface area contributed by atoms with Crippen LogP contribution in [0.5, 0.6) is 0 Å². The van der Waals surface area contributed by atoms with Crippen molar-refractivity contribution in [2.45, 2.75) is 19.3 Å². The van der Waals surface area contributed by atoms with Gasteiger partial charge in [-0.1, -0.05) is 66.7 Å². The van der Waals surface area contributed by atoms with Crippen LogP contribution in [0.3, 0.4) is 0 Å². The Bertz CT molecular complexity index is 3310. The van der Waals surface area contributed by atoms with Crippen LogP contribution < -0.4 is 0 Å². The molecule has 0 spiro atoms. The number of pyridine rings is 3. The molecule has 0 saturated carbocycles. The minimum absolute atomic E-state index is 0.929. The summed E-state index contributed by atoms with van der Waals surface area (Å²) in [6.45, 7) is 0. The van der Waals surface area contributed by atoms with Crippen LogP contribution in [-0.4, -0.2) is 24.1 Å². The number of aromatic nitrogens is 5. The van der Waals surface area contributed by atoms with Crippen LogP contribution in [0.2, 0.25) is 0 Å². The largest absolute Gasteiger partial charge is 0.308 e. The van der Waals surface area contributed by atoms with Crippen molar-refractivity contribution < 1.29 is 0 Å². The number of fused-ring (bicyclic) bond motifs is 9. The molecule has 2 aliphatic carbocycles. The molecule has 5 nitrogen and oxygen atoms in total. The van der Waals surface area contributed by atoms with Crippen molar-refractivity contribution in [2.75, 3.05) is 0 Å². The highest BCUT2D eigenvalue weighted by atomic mass is 15.0. The second-order valence-corrected chi connectivity index (χ2v) is 15.2. The van der Waals surface area contributed by atoms with Crippen LogP contribution in [0.25, 0.3) is 88.6 Å². The van der Waals surface area contributed by atoms with Gasteiger partial charge in [-0.2, -0.15) is 0 Å². The average molecular weight is 730 g/mol. The summed E-state index contributed by atoms with van der Waals surface area (Å²) in [6, 6.07) is 52.8. The van der Waals surface area contributed by atoms with Gasteiger partial charge in [0, 0.05) is 40.7 Å². The van der Waals surface area contributed by atoms with Crippen LogP contribution in [0.4, 0.5) is 0 Å². The van der Waals surface area contributed by atoms with Crippen molar-refractivity contribution in [1.29, 1.82) is 0 Å². The van der Waals surface area contributed by atoms with Crippen molar-refractivity contribution >= 4 is 55.0 Å². The van der Waals surface area contributed by atoms with Crippen LogP contribution in [0, 0.1) is 0 Å². The molecule has 57 heavy (non-hydrogen) atoms. The van der Waals surface area contributed by atoms with E-state index in [2.05, 4.69) is 149 Å². The molecule has 12 rings (SSSR count). The van der Waals surface area contributed by atoms with E-state index in [9.17, 15) is 0 Å². The van der Waals surface area contributed by atoms with Crippen LogP contribution in [0.1, 0.15) is 35.2 Å². The molecule has 5 aromatic heterocycles. The monoisotopic (exact) mass is 729 g/mol. The summed E-state index contributed by atoms with van der Waals surface area (Å²) < 4.78 is 4.70. The van der Waals surface area contributed by atoms with Gasteiger partial charge in [0.15, 0.2) is 0 Å². The molecule has 10 aromatic rings. The first-order chi connectivity index (χ1) is 28.3. The Hall–Kier alpha value is -7.37. The van der Waals surface area contributed by atoms with Crippen molar-refractivity contribution in [3.63, 3.8) is 0 Å². The van der Waals surface area contributed by atoms with Gasteiger partial charge in [0.25, 0.3) is 0 Å². The molecule has 0 radical (unpaired) electrons. The Morgan fingerprint density at radius 1 is 0.456 bits per heavy atom. The fraction of sp³-hybridized carbons (Fsp3) is 0.0577. The number of hydrogen-bond donors (Lipinski definition) is 0. The molecule has 0 amide bonds. The van der Waals surface area contributed by atoms with E-state index in [1.165, 1.54) is 50.1 Å². The lowest BCUT2D eigenvalue weighted by Gasteiger charge is -2.16. The van der Waals surface area contributed by atoms with Crippen molar-refractivity contribution in [2.24, 2.45) is 0 Å². The molecule has 5 heterocycles. The summed E-state index contributed by atoms with van der Waals surface area (Å²) in [5, 5.41) is 2.30. The average Bonchev–Trinajstić information content (AvgIpc) is 3.93.